The van der Waals surface area contributed by atoms with Crippen LogP contribution < -0.4 is 4.74 Å². The van der Waals surface area contributed by atoms with Gasteiger partial charge >= 0.3 is 0 Å². The fourth-order valence-corrected chi connectivity index (χ4v) is 4.77. The van der Waals surface area contributed by atoms with Crippen molar-refractivity contribution >= 4 is 16.8 Å². The Labute approximate surface area is 174 Å². The van der Waals surface area contributed by atoms with Crippen LogP contribution in [0, 0.1) is 18.8 Å². The van der Waals surface area contributed by atoms with Crippen molar-refractivity contribution in [2.24, 2.45) is 11.8 Å². The molecule has 2 fully saturated rings. The highest BCUT2D eigenvalue weighted by Crippen LogP contribution is 2.26. The van der Waals surface area contributed by atoms with Gasteiger partial charge in [-0.3, -0.25) is 9.78 Å². The van der Waals surface area contributed by atoms with E-state index >= 15 is 0 Å². The van der Waals surface area contributed by atoms with E-state index < -0.39 is 0 Å². The van der Waals surface area contributed by atoms with Gasteiger partial charge in [-0.1, -0.05) is 6.92 Å². The average Bonchev–Trinajstić information content (AvgIpc) is 2.74. The molecule has 2 aliphatic heterocycles. The van der Waals surface area contributed by atoms with Crippen LogP contribution in [0.5, 0.6) is 5.75 Å². The lowest BCUT2D eigenvalue weighted by atomic mass is 9.94. The quantitative estimate of drug-likeness (QED) is 0.781. The minimum atomic E-state index is 0.129. The molecule has 0 radical (unpaired) electrons. The zero-order chi connectivity index (χ0) is 20.4. The SMILES string of the molecule is COc1ccc2cc(C(=O)N3CCCC(CN4CCC(C)CC4)C3)c(C)nc2c1. The van der Waals surface area contributed by atoms with Crippen molar-refractivity contribution in [2.45, 2.75) is 39.5 Å². The van der Waals surface area contributed by atoms with Crippen LogP contribution in [0.1, 0.15) is 48.7 Å². The minimum Gasteiger partial charge on any atom is -0.497 e. The third-order valence-corrected chi connectivity index (χ3v) is 6.64. The highest BCUT2D eigenvalue weighted by molar-refractivity contribution is 5.98. The highest BCUT2D eigenvalue weighted by atomic mass is 16.5. The molecule has 0 N–H and O–H groups in total. The zero-order valence-corrected chi connectivity index (χ0v) is 18.0. The molecule has 29 heavy (non-hydrogen) atoms. The lowest BCUT2D eigenvalue weighted by Gasteiger charge is -2.38. The molecular formula is C24H33N3O2. The number of piperidine rings is 2. The summed E-state index contributed by atoms with van der Waals surface area (Å²) in [6, 6.07) is 7.82. The summed E-state index contributed by atoms with van der Waals surface area (Å²) >= 11 is 0. The van der Waals surface area contributed by atoms with Crippen LogP contribution in [0.25, 0.3) is 10.9 Å². The molecule has 1 aromatic heterocycles. The maximum absolute atomic E-state index is 13.3. The first kappa shape index (κ1) is 20.1. The second kappa shape index (κ2) is 8.70. The topological polar surface area (TPSA) is 45.7 Å². The lowest BCUT2D eigenvalue weighted by Crippen LogP contribution is -2.45. The summed E-state index contributed by atoms with van der Waals surface area (Å²) in [6.45, 7) is 9.56. The summed E-state index contributed by atoms with van der Waals surface area (Å²) in [5.41, 5.74) is 2.40. The van der Waals surface area contributed by atoms with Gasteiger partial charge in [0.2, 0.25) is 0 Å². The van der Waals surface area contributed by atoms with Gasteiger partial charge in [-0.25, -0.2) is 0 Å². The average molecular weight is 396 g/mol. The van der Waals surface area contributed by atoms with E-state index in [-0.39, 0.29) is 5.91 Å². The van der Waals surface area contributed by atoms with Crippen molar-refractivity contribution in [1.29, 1.82) is 0 Å². The molecule has 156 valence electrons. The van der Waals surface area contributed by atoms with E-state index in [4.69, 9.17) is 4.74 Å². The van der Waals surface area contributed by atoms with E-state index in [0.717, 1.165) is 59.9 Å². The number of nitrogens with zero attached hydrogens (tertiary/aromatic N) is 3. The Morgan fingerprint density at radius 2 is 1.97 bits per heavy atom. The van der Waals surface area contributed by atoms with Crippen molar-refractivity contribution in [3.8, 4) is 5.75 Å². The number of methoxy groups -OCH3 is 1. The maximum atomic E-state index is 13.3. The number of benzene rings is 1. The number of likely N-dealkylation sites (tertiary alicyclic amines) is 2. The normalized spacial score (nSPS) is 21.5. The molecule has 2 aromatic rings. The summed E-state index contributed by atoms with van der Waals surface area (Å²) in [6.07, 6.45) is 4.94. The van der Waals surface area contributed by atoms with Crippen molar-refractivity contribution in [2.75, 3.05) is 39.8 Å². The van der Waals surface area contributed by atoms with E-state index in [1.165, 1.54) is 32.4 Å². The van der Waals surface area contributed by atoms with Crippen LogP contribution in [0.2, 0.25) is 0 Å². The van der Waals surface area contributed by atoms with Gasteiger partial charge in [0.1, 0.15) is 5.75 Å². The molecule has 5 heteroatoms. The van der Waals surface area contributed by atoms with Crippen molar-refractivity contribution in [3.63, 3.8) is 0 Å². The fraction of sp³-hybridized carbons (Fsp3) is 0.583. The molecule has 3 heterocycles. The van der Waals surface area contributed by atoms with Gasteiger partial charge in [0.25, 0.3) is 5.91 Å². The van der Waals surface area contributed by atoms with Crippen LogP contribution >= 0.6 is 0 Å². The van der Waals surface area contributed by atoms with Gasteiger partial charge in [-0.2, -0.15) is 0 Å². The minimum absolute atomic E-state index is 0.129. The maximum Gasteiger partial charge on any atom is 0.255 e. The second-order valence-corrected chi connectivity index (χ2v) is 8.92. The van der Waals surface area contributed by atoms with Crippen molar-refractivity contribution in [3.05, 3.63) is 35.5 Å². The second-order valence-electron chi connectivity index (χ2n) is 8.92. The van der Waals surface area contributed by atoms with Crippen LogP contribution in [-0.2, 0) is 0 Å². The molecule has 0 saturated carbocycles. The lowest BCUT2D eigenvalue weighted by molar-refractivity contribution is 0.0621. The molecule has 0 spiro atoms. The van der Waals surface area contributed by atoms with Crippen molar-refractivity contribution in [1.82, 2.24) is 14.8 Å². The monoisotopic (exact) mass is 395 g/mol. The number of pyridine rings is 1. The van der Waals surface area contributed by atoms with E-state index in [1.54, 1.807) is 7.11 Å². The number of ether oxygens (including phenoxy) is 1. The third-order valence-electron chi connectivity index (χ3n) is 6.64. The molecule has 1 atom stereocenters. The van der Waals surface area contributed by atoms with Gasteiger partial charge < -0.3 is 14.5 Å². The number of aromatic nitrogens is 1. The number of hydrogen-bond donors (Lipinski definition) is 0. The molecule has 1 amide bonds. The summed E-state index contributed by atoms with van der Waals surface area (Å²) in [4.78, 5) is 22.7. The molecule has 4 rings (SSSR count). The Hall–Kier alpha value is -2.14. The van der Waals surface area contributed by atoms with Gasteiger partial charge in [-0.05, 0) is 75.7 Å². The first-order chi connectivity index (χ1) is 14.0. The molecular weight excluding hydrogens is 362 g/mol. The molecule has 5 nitrogen and oxygen atoms in total. The predicted octanol–water partition coefficient (Wildman–Crippen LogP) is 4.14. The van der Waals surface area contributed by atoms with Crippen LogP contribution in [0.4, 0.5) is 0 Å². The summed E-state index contributed by atoms with van der Waals surface area (Å²) in [7, 11) is 1.66. The number of carbonyl (C=O) groups excluding carboxylic acids is 1. The Morgan fingerprint density at radius 3 is 2.72 bits per heavy atom. The van der Waals surface area contributed by atoms with E-state index in [9.17, 15) is 4.79 Å². The number of fused-ring (bicyclic) bond motifs is 1. The Bertz CT molecular complexity index is 874. The molecule has 1 aromatic carbocycles. The third kappa shape index (κ3) is 4.55. The molecule has 0 aliphatic carbocycles. The first-order valence-corrected chi connectivity index (χ1v) is 11.0. The smallest absolute Gasteiger partial charge is 0.255 e. The zero-order valence-electron chi connectivity index (χ0n) is 18.0. The Morgan fingerprint density at radius 1 is 1.17 bits per heavy atom. The molecule has 2 aliphatic rings. The molecule has 2 saturated heterocycles. The highest BCUT2D eigenvalue weighted by Gasteiger charge is 2.28. The fourth-order valence-electron chi connectivity index (χ4n) is 4.77. The largest absolute Gasteiger partial charge is 0.497 e. The van der Waals surface area contributed by atoms with Gasteiger partial charge in [0, 0.05) is 31.1 Å². The van der Waals surface area contributed by atoms with E-state index in [1.807, 2.05) is 31.2 Å². The molecule has 0 bridgehead atoms. The van der Waals surface area contributed by atoms with Gasteiger partial charge in [0.15, 0.2) is 0 Å². The number of aryl methyl sites for hydroxylation is 1. The van der Waals surface area contributed by atoms with Crippen molar-refractivity contribution < 1.29 is 9.53 Å². The number of amides is 1. The van der Waals surface area contributed by atoms with Crippen LogP contribution in [0.15, 0.2) is 24.3 Å². The summed E-state index contributed by atoms with van der Waals surface area (Å²) in [5.74, 6) is 2.36. The predicted molar refractivity (Wildman–Crippen MR) is 116 cm³/mol. The number of carbonyl (C=O) groups is 1. The summed E-state index contributed by atoms with van der Waals surface area (Å²) in [5, 5.41) is 0.982. The van der Waals surface area contributed by atoms with E-state index in [0.29, 0.717) is 5.92 Å². The Balaban J connectivity index is 1.46. The Kier molecular flexibility index (Phi) is 6.04. The first-order valence-electron chi connectivity index (χ1n) is 11.0. The van der Waals surface area contributed by atoms with Crippen LogP contribution in [-0.4, -0.2) is 60.5 Å². The number of hydrogen-bond acceptors (Lipinski definition) is 4. The molecule has 1 unspecified atom stereocenters. The van der Waals surface area contributed by atoms with Crippen LogP contribution in [0.3, 0.4) is 0 Å². The standard InChI is InChI=1S/C24H33N3O2/c1-17-8-11-26(12-9-17)15-19-5-4-10-27(16-19)24(28)22-13-20-6-7-21(29-3)14-23(20)25-18(22)2/h6-7,13-14,17,19H,4-5,8-12,15-16H2,1-3H3. The van der Waals surface area contributed by atoms with E-state index in [2.05, 4.69) is 21.7 Å². The van der Waals surface area contributed by atoms with Gasteiger partial charge in [0.05, 0.1) is 23.9 Å². The number of rotatable bonds is 4. The summed E-state index contributed by atoms with van der Waals surface area (Å²) < 4.78 is 5.30. The van der Waals surface area contributed by atoms with Gasteiger partial charge in [-0.15, -0.1) is 0 Å².